The molecule has 0 spiro atoms. The van der Waals surface area contributed by atoms with Gasteiger partial charge in [-0.1, -0.05) is 0 Å². The maximum Gasteiger partial charge on any atom is 0.221 e. The minimum Gasteiger partial charge on any atom is -0.378 e. The molecule has 2 N–H and O–H groups in total. The smallest absolute Gasteiger partial charge is 0.221 e. The first-order chi connectivity index (χ1) is 9.13. The van der Waals surface area contributed by atoms with E-state index in [1.54, 1.807) is 11.3 Å². The number of ether oxygens (including phenoxy) is 1. The molecule has 0 bridgehead atoms. The molecule has 19 heavy (non-hydrogen) atoms. The Balaban J connectivity index is 1.71. The standard InChI is InChI=1S/C14H22N2O2S/c1-10(7-13-4-3-11(2)19-13)16-14(17)8-12-9-18-6-5-15-12/h3-4,10,12,15H,5-9H2,1-2H3,(H,16,17). The predicted molar refractivity (Wildman–Crippen MR) is 77.6 cm³/mol. The van der Waals surface area contributed by atoms with Crippen molar-refractivity contribution in [3.63, 3.8) is 0 Å². The zero-order valence-corrected chi connectivity index (χ0v) is 12.4. The summed E-state index contributed by atoms with van der Waals surface area (Å²) in [6.07, 6.45) is 1.40. The Hall–Kier alpha value is -0.910. The van der Waals surface area contributed by atoms with Crippen molar-refractivity contribution in [2.24, 2.45) is 0 Å². The second-order valence-electron chi connectivity index (χ2n) is 5.12. The van der Waals surface area contributed by atoms with Gasteiger partial charge in [-0.2, -0.15) is 0 Å². The van der Waals surface area contributed by atoms with E-state index in [1.165, 1.54) is 9.75 Å². The molecule has 0 aromatic carbocycles. The average Bonchev–Trinajstić information content (AvgIpc) is 2.75. The first-order valence-electron chi connectivity index (χ1n) is 6.79. The Morgan fingerprint density at radius 2 is 2.47 bits per heavy atom. The third-order valence-electron chi connectivity index (χ3n) is 3.14. The topological polar surface area (TPSA) is 50.4 Å². The number of rotatable bonds is 5. The van der Waals surface area contributed by atoms with Crippen molar-refractivity contribution in [3.8, 4) is 0 Å². The van der Waals surface area contributed by atoms with Crippen molar-refractivity contribution in [2.45, 2.75) is 38.8 Å². The lowest BCUT2D eigenvalue weighted by Crippen LogP contribution is -2.45. The van der Waals surface area contributed by atoms with E-state index in [-0.39, 0.29) is 18.0 Å². The summed E-state index contributed by atoms with van der Waals surface area (Å²) in [6, 6.07) is 4.59. The van der Waals surface area contributed by atoms with E-state index in [1.807, 2.05) is 0 Å². The third-order valence-corrected chi connectivity index (χ3v) is 4.16. The van der Waals surface area contributed by atoms with Crippen LogP contribution in [0.1, 0.15) is 23.1 Å². The lowest BCUT2D eigenvalue weighted by molar-refractivity contribution is -0.122. The van der Waals surface area contributed by atoms with Gasteiger partial charge in [-0.05, 0) is 26.0 Å². The van der Waals surface area contributed by atoms with E-state index < -0.39 is 0 Å². The van der Waals surface area contributed by atoms with E-state index in [9.17, 15) is 4.79 Å². The quantitative estimate of drug-likeness (QED) is 0.860. The highest BCUT2D eigenvalue weighted by Crippen LogP contribution is 2.16. The molecule has 1 fully saturated rings. The normalized spacial score (nSPS) is 21.1. The van der Waals surface area contributed by atoms with Crippen molar-refractivity contribution < 1.29 is 9.53 Å². The van der Waals surface area contributed by atoms with Gasteiger partial charge in [0.25, 0.3) is 0 Å². The molecule has 2 atom stereocenters. The third kappa shape index (κ3) is 4.93. The molecule has 1 aliphatic rings. The Morgan fingerprint density at radius 3 is 3.11 bits per heavy atom. The van der Waals surface area contributed by atoms with Gasteiger partial charge < -0.3 is 15.4 Å². The van der Waals surface area contributed by atoms with Gasteiger partial charge in [0, 0.05) is 41.2 Å². The molecule has 0 radical (unpaired) electrons. The number of aryl methyl sites for hydroxylation is 1. The molecule has 1 aromatic rings. The zero-order chi connectivity index (χ0) is 13.7. The van der Waals surface area contributed by atoms with Crippen molar-refractivity contribution in [3.05, 3.63) is 21.9 Å². The molecule has 1 aliphatic heterocycles. The van der Waals surface area contributed by atoms with Crippen LogP contribution in [0.2, 0.25) is 0 Å². The number of amides is 1. The minimum atomic E-state index is 0.101. The molecule has 5 heteroatoms. The molecule has 0 aliphatic carbocycles. The lowest BCUT2D eigenvalue weighted by atomic mass is 10.1. The second kappa shape index (κ2) is 7.03. The maximum atomic E-state index is 11.9. The van der Waals surface area contributed by atoms with E-state index in [4.69, 9.17) is 4.74 Å². The Labute approximate surface area is 118 Å². The van der Waals surface area contributed by atoms with E-state index >= 15 is 0 Å². The van der Waals surface area contributed by atoms with Crippen molar-refractivity contribution in [2.75, 3.05) is 19.8 Å². The highest BCUT2D eigenvalue weighted by atomic mass is 32.1. The molecule has 1 amide bonds. The van der Waals surface area contributed by atoms with Crippen LogP contribution >= 0.6 is 11.3 Å². The van der Waals surface area contributed by atoms with Crippen molar-refractivity contribution in [1.29, 1.82) is 0 Å². The predicted octanol–water partition coefficient (Wildman–Crippen LogP) is 1.48. The number of hydrogen-bond donors (Lipinski definition) is 2. The van der Waals surface area contributed by atoms with Gasteiger partial charge in [0.05, 0.1) is 13.2 Å². The number of thiophene rings is 1. The summed E-state index contributed by atoms with van der Waals surface area (Å²) in [5, 5.41) is 6.35. The van der Waals surface area contributed by atoms with Crippen LogP contribution in [0.5, 0.6) is 0 Å². The Morgan fingerprint density at radius 1 is 1.63 bits per heavy atom. The van der Waals surface area contributed by atoms with Crippen LogP contribution in [0.3, 0.4) is 0 Å². The summed E-state index contributed by atoms with van der Waals surface area (Å²) >= 11 is 1.80. The maximum absolute atomic E-state index is 11.9. The molecule has 4 nitrogen and oxygen atoms in total. The summed E-state index contributed by atoms with van der Waals surface area (Å²) < 4.78 is 5.35. The van der Waals surface area contributed by atoms with Gasteiger partial charge in [0.1, 0.15) is 0 Å². The summed E-state index contributed by atoms with van der Waals surface area (Å²) in [4.78, 5) is 14.6. The molecule has 106 valence electrons. The fourth-order valence-corrected chi connectivity index (χ4v) is 3.28. The molecule has 0 saturated carbocycles. The summed E-state index contributed by atoms with van der Waals surface area (Å²) in [5.74, 6) is 0.101. The van der Waals surface area contributed by atoms with E-state index in [2.05, 4.69) is 36.6 Å². The summed E-state index contributed by atoms with van der Waals surface area (Å²) in [6.45, 7) is 6.37. The van der Waals surface area contributed by atoms with Gasteiger partial charge in [0.2, 0.25) is 5.91 Å². The summed E-state index contributed by atoms with van der Waals surface area (Å²) in [5.41, 5.74) is 0. The van der Waals surface area contributed by atoms with Crippen LogP contribution in [-0.2, 0) is 16.0 Å². The van der Waals surface area contributed by atoms with Crippen LogP contribution in [-0.4, -0.2) is 37.7 Å². The molecule has 2 heterocycles. The van der Waals surface area contributed by atoms with Gasteiger partial charge in [-0.3, -0.25) is 4.79 Å². The van der Waals surface area contributed by atoms with E-state index in [0.717, 1.165) is 19.6 Å². The molecule has 2 unspecified atom stereocenters. The number of hydrogen-bond acceptors (Lipinski definition) is 4. The highest BCUT2D eigenvalue weighted by molar-refractivity contribution is 7.11. The molecule has 1 aromatic heterocycles. The van der Waals surface area contributed by atoms with Gasteiger partial charge in [-0.15, -0.1) is 11.3 Å². The molecule has 1 saturated heterocycles. The number of morpholine rings is 1. The Kier molecular flexibility index (Phi) is 5.36. The van der Waals surface area contributed by atoms with Crippen LogP contribution in [0, 0.1) is 6.92 Å². The number of carbonyl (C=O) groups excluding carboxylic acids is 1. The van der Waals surface area contributed by atoms with Crippen molar-refractivity contribution in [1.82, 2.24) is 10.6 Å². The van der Waals surface area contributed by atoms with Gasteiger partial charge in [0.15, 0.2) is 0 Å². The fourth-order valence-electron chi connectivity index (χ4n) is 2.26. The second-order valence-corrected chi connectivity index (χ2v) is 6.49. The van der Waals surface area contributed by atoms with Crippen LogP contribution < -0.4 is 10.6 Å². The first-order valence-corrected chi connectivity index (χ1v) is 7.61. The SMILES string of the molecule is Cc1ccc(CC(C)NC(=O)CC2COCCN2)s1. The average molecular weight is 282 g/mol. The summed E-state index contributed by atoms with van der Waals surface area (Å²) in [7, 11) is 0. The minimum absolute atomic E-state index is 0.101. The van der Waals surface area contributed by atoms with Crippen LogP contribution in [0.25, 0.3) is 0 Å². The van der Waals surface area contributed by atoms with Crippen LogP contribution in [0.4, 0.5) is 0 Å². The zero-order valence-electron chi connectivity index (χ0n) is 11.6. The number of carbonyl (C=O) groups is 1. The fraction of sp³-hybridized carbons (Fsp3) is 0.643. The largest absolute Gasteiger partial charge is 0.378 e. The monoisotopic (exact) mass is 282 g/mol. The Bertz CT molecular complexity index is 413. The van der Waals surface area contributed by atoms with Gasteiger partial charge in [-0.25, -0.2) is 0 Å². The first kappa shape index (κ1) is 14.5. The highest BCUT2D eigenvalue weighted by Gasteiger charge is 2.18. The number of nitrogens with one attached hydrogen (secondary N) is 2. The van der Waals surface area contributed by atoms with Crippen molar-refractivity contribution >= 4 is 17.2 Å². The molecular weight excluding hydrogens is 260 g/mol. The lowest BCUT2D eigenvalue weighted by Gasteiger charge is -2.24. The molecule has 2 rings (SSSR count). The molecular formula is C14H22N2O2S. The van der Waals surface area contributed by atoms with Crippen LogP contribution in [0.15, 0.2) is 12.1 Å². The van der Waals surface area contributed by atoms with E-state index in [0.29, 0.717) is 13.0 Å². The van der Waals surface area contributed by atoms with Gasteiger partial charge >= 0.3 is 0 Å².